The maximum atomic E-state index is 9.32. The number of hydrogen-bond donors (Lipinski definition) is 2. The Morgan fingerprint density at radius 2 is 2.25 bits per heavy atom. The van der Waals surface area contributed by atoms with E-state index in [0.717, 1.165) is 17.5 Å². The van der Waals surface area contributed by atoms with E-state index in [1.165, 1.54) is 0 Å². The molecule has 0 bridgehead atoms. The quantitative estimate of drug-likeness (QED) is 0.777. The standard InChI is InChI=1S/C12H17N3O/c1-3-8(2)15-11-5-4-9(13)6-10(11)14-12(15)7-16/h4-6,8,16H,3,7,13H2,1-2H3. The van der Waals surface area contributed by atoms with Crippen LogP contribution in [0.1, 0.15) is 32.1 Å². The molecule has 2 rings (SSSR count). The van der Waals surface area contributed by atoms with Gasteiger partial charge >= 0.3 is 0 Å². The first kappa shape index (κ1) is 11.0. The van der Waals surface area contributed by atoms with Crippen LogP contribution in [-0.4, -0.2) is 14.7 Å². The summed E-state index contributed by atoms with van der Waals surface area (Å²) in [7, 11) is 0. The topological polar surface area (TPSA) is 64.1 Å². The van der Waals surface area contributed by atoms with Gasteiger partial charge in [-0.3, -0.25) is 0 Å². The van der Waals surface area contributed by atoms with Crippen molar-refractivity contribution in [2.45, 2.75) is 32.9 Å². The predicted molar refractivity (Wildman–Crippen MR) is 65.1 cm³/mol. The van der Waals surface area contributed by atoms with Gasteiger partial charge in [-0.15, -0.1) is 0 Å². The van der Waals surface area contributed by atoms with E-state index in [1.54, 1.807) is 0 Å². The number of rotatable bonds is 3. The summed E-state index contributed by atoms with van der Waals surface area (Å²) in [4.78, 5) is 4.39. The van der Waals surface area contributed by atoms with Crippen molar-refractivity contribution in [2.75, 3.05) is 5.73 Å². The second-order valence-corrected chi connectivity index (χ2v) is 4.06. The van der Waals surface area contributed by atoms with Crippen LogP contribution < -0.4 is 5.73 Å². The number of hydrogen-bond acceptors (Lipinski definition) is 3. The van der Waals surface area contributed by atoms with Crippen molar-refractivity contribution in [1.82, 2.24) is 9.55 Å². The molecule has 4 heteroatoms. The summed E-state index contributed by atoms with van der Waals surface area (Å²) in [6, 6.07) is 6.00. The van der Waals surface area contributed by atoms with Crippen LogP contribution in [0.25, 0.3) is 11.0 Å². The fourth-order valence-electron chi connectivity index (χ4n) is 1.95. The van der Waals surface area contributed by atoms with Crippen molar-refractivity contribution in [1.29, 1.82) is 0 Å². The number of nitrogen functional groups attached to an aromatic ring is 1. The molecule has 4 nitrogen and oxygen atoms in total. The van der Waals surface area contributed by atoms with E-state index < -0.39 is 0 Å². The molecule has 0 aliphatic heterocycles. The zero-order chi connectivity index (χ0) is 11.7. The molecule has 86 valence electrons. The highest BCUT2D eigenvalue weighted by Gasteiger charge is 2.13. The molecule has 1 aromatic heterocycles. The predicted octanol–water partition coefficient (Wildman–Crippen LogP) is 2.08. The zero-order valence-corrected chi connectivity index (χ0v) is 9.64. The second kappa shape index (κ2) is 4.14. The summed E-state index contributed by atoms with van der Waals surface area (Å²) in [5, 5.41) is 9.32. The number of benzene rings is 1. The lowest BCUT2D eigenvalue weighted by Gasteiger charge is -2.14. The van der Waals surface area contributed by atoms with Gasteiger partial charge in [-0.05, 0) is 31.5 Å². The van der Waals surface area contributed by atoms with Crippen LogP contribution in [0.3, 0.4) is 0 Å². The van der Waals surface area contributed by atoms with E-state index in [2.05, 4.69) is 23.4 Å². The van der Waals surface area contributed by atoms with Crippen LogP contribution in [0.4, 0.5) is 5.69 Å². The van der Waals surface area contributed by atoms with Gasteiger partial charge in [-0.25, -0.2) is 4.98 Å². The fraction of sp³-hybridized carbons (Fsp3) is 0.417. The minimum absolute atomic E-state index is 0.0427. The first-order chi connectivity index (χ1) is 7.67. The van der Waals surface area contributed by atoms with Gasteiger partial charge in [0.2, 0.25) is 0 Å². The lowest BCUT2D eigenvalue weighted by atomic mass is 10.2. The first-order valence-electron chi connectivity index (χ1n) is 5.54. The summed E-state index contributed by atoms with van der Waals surface area (Å²) in [6.45, 7) is 4.20. The van der Waals surface area contributed by atoms with Gasteiger partial charge in [-0.2, -0.15) is 0 Å². The Labute approximate surface area is 94.7 Å². The largest absolute Gasteiger partial charge is 0.399 e. The number of fused-ring (bicyclic) bond motifs is 1. The second-order valence-electron chi connectivity index (χ2n) is 4.06. The van der Waals surface area contributed by atoms with Crippen molar-refractivity contribution >= 4 is 16.7 Å². The van der Waals surface area contributed by atoms with Gasteiger partial charge in [-0.1, -0.05) is 6.92 Å². The monoisotopic (exact) mass is 219 g/mol. The fourth-order valence-corrected chi connectivity index (χ4v) is 1.95. The van der Waals surface area contributed by atoms with Crippen molar-refractivity contribution in [3.63, 3.8) is 0 Å². The summed E-state index contributed by atoms with van der Waals surface area (Å²) >= 11 is 0. The lowest BCUT2D eigenvalue weighted by molar-refractivity contribution is 0.262. The van der Waals surface area contributed by atoms with Gasteiger partial charge in [0.15, 0.2) is 0 Å². The van der Waals surface area contributed by atoms with Crippen molar-refractivity contribution in [3.8, 4) is 0 Å². The van der Waals surface area contributed by atoms with E-state index in [4.69, 9.17) is 5.73 Å². The number of aliphatic hydroxyl groups excluding tert-OH is 1. The van der Waals surface area contributed by atoms with E-state index in [0.29, 0.717) is 17.6 Å². The molecule has 0 fully saturated rings. The minimum atomic E-state index is -0.0427. The highest BCUT2D eigenvalue weighted by atomic mass is 16.3. The molecule has 0 saturated carbocycles. The Balaban J connectivity index is 2.68. The number of imidazole rings is 1. The maximum Gasteiger partial charge on any atom is 0.135 e. The molecular weight excluding hydrogens is 202 g/mol. The molecular formula is C12H17N3O. The molecule has 0 amide bonds. The number of nitrogens with two attached hydrogens (primary N) is 1. The average Bonchev–Trinajstić information content (AvgIpc) is 2.65. The number of anilines is 1. The van der Waals surface area contributed by atoms with Crippen LogP contribution in [0.15, 0.2) is 18.2 Å². The Bertz CT molecular complexity index is 504. The first-order valence-corrected chi connectivity index (χ1v) is 5.54. The molecule has 0 spiro atoms. The van der Waals surface area contributed by atoms with Crippen molar-refractivity contribution < 1.29 is 5.11 Å². The van der Waals surface area contributed by atoms with E-state index in [-0.39, 0.29) is 6.61 Å². The van der Waals surface area contributed by atoms with Gasteiger partial charge in [0.05, 0.1) is 11.0 Å². The van der Waals surface area contributed by atoms with E-state index in [1.807, 2.05) is 18.2 Å². The smallest absolute Gasteiger partial charge is 0.135 e. The third-order valence-electron chi connectivity index (χ3n) is 2.96. The van der Waals surface area contributed by atoms with Gasteiger partial charge in [0.1, 0.15) is 12.4 Å². The van der Waals surface area contributed by atoms with E-state index in [9.17, 15) is 5.11 Å². The van der Waals surface area contributed by atoms with Crippen LogP contribution in [0.2, 0.25) is 0 Å². The molecule has 2 aromatic rings. The number of nitrogens with zero attached hydrogens (tertiary/aromatic N) is 2. The summed E-state index contributed by atoms with van der Waals surface area (Å²) < 4.78 is 2.08. The average molecular weight is 219 g/mol. The Morgan fingerprint density at radius 1 is 1.50 bits per heavy atom. The lowest BCUT2D eigenvalue weighted by Crippen LogP contribution is -2.08. The SMILES string of the molecule is CCC(C)n1c(CO)nc2cc(N)ccc21. The van der Waals surface area contributed by atoms with Crippen LogP contribution in [0.5, 0.6) is 0 Å². The van der Waals surface area contributed by atoms with Crippen LogP contribution in [0, 0.1) is 0 Å². The highest BCUT2D eigenvalue weighted by molar-refractivity contribution is 5.79. The summed E-state index contributed by atoms with van der Waals surface area (Å²) in [6.07, 6.45) is 1.00. The van der Waals surface area contributed by atoms with Crippen molar-refractivity contribution in [2.24, 2.45) is 0 Å². The highest BCUT2D eigenvalue weighted by Crippen LogP contribution is 2.24. The van der Waals surface area contributed by atoms with Crippen LogP contribution >= 0.6 is 0 Å². The molecule has 0 saturated heterocycles. The van der Waals surface area contributed by atoms with Gasteiger partial charge in [0.25, 0.3) is 0 Å². The molecule has 0 aliphatic carbocycles. The number of aromatic nitrogens is 2. The van der Waals surface area contributed by atoms with Crippen molar-refractivity contribution in [3.05, 3.63) is 24.0 Å². The molecule has 3 N–H and O–H groups in total. The Hall–Kier alpha value is -1.55. The molecule has 1 heterocycles. The molecule has 0 radical (unpaired) electrons. The van der Waals surface area contributed by atoms with E-state index >= 15 is 0 Å². The number of aliphatic hydroxyl groups is 1. The van der Waals surface area contributed by atoms with Crippen LogP contribution in [-0.2, 0) is 6.61 Å². The maximum absolute atomic E-state index is 9.32. The van der Waals surface area contributed by atoms with Gasteiger partial charge < -0.3 is 15.4 Å². The third kappa shape index (κ3) is 1.65. The minimum Gasteiger partial charge on any atom is -0.399 e. The van der Waals surface area contributed by atoms with Gasteiger partial charge in [0, 0.05) is 11.7 Å². The molecule has 1 unspecified atom stereocenters. The molecule has 16 heavy (non-hydrogen) atoms. The summed E-state index contributed by atoms with van der Waals surface area (Å²) in [5.74, 6) is 0.704. The zero-order valence-electron chi connectivity index (χ0n) is 9.64. The Kier molecular flexibility index (Phi) is 2.83. The molecule has 1 aromatic carbocycles. The summed E-state index contributed by atoms with van der Waals surface area (Å²) in [5.41, 5.74) is 8.31. The molecule has 1 atom stereocenters. The molecule has 0 aliphatic rings. The normalized spacial score (nSPS) is 13.2. The Morgan fingerprint density at radius 3 is 2.88 bits per heavy atom. The third-order valence-corrected chi connectivity index (χ3v) is 2.96.